The molecule has 2 rings (SSSR count). The van der Waals surface area contributed by atoms with Gasteiger partial charge in [0.1, 0.15) is 0 Å². The van der Waals surface area contributed by atoms with E-state index in [1.165, 1.54) is 6.20 Å². The summed E-state index contributed by atoms with van der Waals surface area (Å²) >= 11 is 0. The van der Waals surface area contributed by atoms with Gasteiger partial charge < -0.3 is 15.2 Å². The first-order valence-electron chi connectivity index (χ1n) is 5.93. The van der Waals surface area contributed by atoms with Gasteiger partial charge in [0.15, 0.2) is 0 Å². The number of carbonyl (C=O) groups is 1. The number of carboxylic acid groups (broad SMARTS) is 1. The van der Waals surface area contributed by atoms with Crippen LogP contribution in [0.1, 0.15) is 35.8 Å². The molecule has 6 nitrogen and oxygen atoms in total. The molecule has 0 spiro atoms. The summed E-state index contributed by atoms with van der Waals surface area (Å²) in [7, 11) is 0. The van der Waals surface area contributed by atoms with E-state index in [9.17, 15) is 4.79 Å². The Hall–Kier alpha value is -1.69. The Morgan fingerprint density at radius 1 is 1.61 bits per heavy atom. The van der Waals surface area contributed by atoms with Gasteiger partial charge in [-0.2, -0.15) is 0 Å². The van der Waals surface area contributed by atoms with Crippen molar-refractivity contribution in [2.45, 2.75) is 32.2 Å². The summed E-state index contributed by atoms with van der Waals surface area (Å²) in [5.41, 5.74) is 0.404. The summed E-state index contributed by atoms with van der Waals surface area (Å²) in [6.07, 6.45) is 3.31. The van der Waals surface area contributed by atoms with Gasteiger partial charge in [-0.15, -0.1) is 0 Å². The molecule has 0 saturated carbocycles. The molecule has 1 aromatic heterocycles. The van der Waals surface area contributed by atoms with Crippen LogP contribution < -0.4 is 5.32 Å². The van der Waals surface area contributed by atoms with E-state index in [0.717, 1.165) is 19.4 Å². The van der Waals surface area contributed by atoms with E-state index >= 15 is 0 Å². The maximum absolute atomic E-state index is 10.9. The predicted octanol–water partition coefficient (Wildman–Crippen LogP) is 1.46. The van der Waals surface area contributed by atoms with Gasteiger partial charge in [-0.25, -0.2) is 14.8 Å². The van der Waals surface area contributed by atoms with Crippen LogP contribution in [0, 0.1) is 6.92 Å². The lowest BCUT2D eigenvalue weighted by molar-refractivity contribution is 0.0537. The molecule has 1 aromatic rings. The molecule has 0 aliphatic carbocycles. The van der Waals surface area contributed by atoms with E-state index in [-0.39, 0.29) is 11.1 Å². The number of ether oxygens (including phenoxy) is 1. The van der Waals surface area contributed by atoms with Crippen LogP contribution in [-0.4, -0.2) is 39.8 Å². The van der Waals surface area contributed by atoms with Gasteiger partial charge >= 0.3 is 5.97 Å². The lowest BCUT2D eigenvalue weighted by atomic mass is 9.95. The van der Waals surface area contributed by atoms with Crippen LogP contribution in [0.3, 0.4) is 0 Å². The second-order valence-corrected chi connectivity index (χ2v) is 4.84. The van der Waals surface area contributed by atoms with Crippen LogP contribution in [0.5, 0.6) is 0 Å². The number of hydrogen-bond acceptors (Lipinski definition) is 5. The molecule has 1 saturated heterocycles. The Morgan fingerprint density at radius 2 is 2.39 bits per heavy atom. The van der Waals surface area contributed by atoms with Crippen molar-refractivity contribution in [2.75, 3.05) is 18.5 Å². The van der Waals surface area contributed by atoms with Crippen LogP contribution in [0.2, 0.25) is 0 Å². The third-order valence-electron chi connectivity index (χ3n) is 3.06. The summed E-state index contributed by atoms with van der Waals surface area (Å²) in [4.78, 5) is 19.1. The number of nitrogens with zero attached hydrogens (tertiary/aromatic N) is 2. The molecule has 1 atom stereocenters. The highest BCUT2D eigenvalue weighted by Crippen LogP contribution is 2.22. The molecule has 0 aromatic carbocycles. The SMILES string of the molecule is Cc1nc(NC2(C)CCCOC2)ncc1C(=O)O. The third-order valence-corrected chi connectivity index (χ3v) is 3.06. The Morgan fingerprint density at radius 3 is 2.94 bits per heavy atom. The minimum atomic E-state index is -1.01. The monoisotopic (exact) mass is 251 g/mol. The van der Waals surface area contributed by atoms with Gasteiger partial charge in [0.05, 0.1) is 23.4 Å². The number of aromatic carboxylic acids is 1. The first-order valence-corrected chi connectivity index (χ1v) is 5.93. The van der Waals surface area contributed by atoms with Crippen molar-refractivity contribution in [3.63, 3.8) is 0 Å². The molecule has 0 bridgehead atoms. The maximum atomic E-state index is 10.9. The molecular formula is C12H17N3O3. The molecule has 1 unspecified atom stereocenters. The van der Waals surface area contributed by atoms with Crippen molar-refractivity contribution < 1.29 is 14.6 Å². The van der Waals surface area contributed by atoms with E-state index in [1.54, 1.807) is 6.92 Å². The van der Waals surface area contributed by atoms with Crippen molar-refractivity contribution >= 4 is 11.9 Å². The zero-order valence-electron chi connectivity index (χ0n) is 10.6. The van der Waals surface area contributed by atoms with Gasteiger partial charge in [-0.05, 0) is 26.7 Å². The molecule has 1 aliphatic heterocycles. The molecule has 1 aliphatic rings. The van der Waals surface area contributed by atoms with E-state index in [2.05, 4.69) is 22.2 Å². The predicted molar refractivity (Wildman–Crippen MR) is 65.8 cm³/mol. The van der Waals surface area contributed by atoms with Crippen LogP contribution in [0.15, 0.2) is 6.20 Å². The standard InChI is InChI=1S/C12H17N3O3/c1-8-9(10(16)17)6-13-11(14-8)15-12(2)4-3-5-18-7-12/h6H,3-5,7H2,1-2H3,(H,16,17)(H,13,14,15). The van der Waals surface area contributed by atoms with Gasteiger partial charge in [0, 0.05) is 12.8 Å². The number of carboxylic acids is 1. The molecule has 2 N–H and O–H groups in total. The minimum Gasteiger partial charge on any atom is -0.478 e. The smallest absolute Gasteiger partial charge is 0.339 e. The van der Waals surface area contributed by atoms with Gasteiger partial charge in [0.25, 0.3) is 0 Å². The largest absolute Gasteiger partial charge is 0.478 e. The fraction of sp³-hybridized carbons (Fsp3) is 0.583. The summed E-state index contributed by atoms with van der Waals surface area (Å²) in [5.74, 6) is -0.559. The Balaban J connectivity index is 2.14. The highest BCUT2D eigenvalue weighted by atomic mass is 16.5. The number of aromatic nitrogens is 2. The van der Waals surface area contributed by atoms with Crippen molar-refractivity contribution in [3.8, 4) is 0 Å². The zero-order valence-corrected chi connectivity index (χ0v) is 10.6. The lowest BCUT2D eigenvalue weighted by Crippen LogP contribution is -2.43. The van der Waals surface area contributed by atoms with Crippen LogP contribution in [0.4, 0.5) is 5.95 Å². The molecule has 6 heteroatoms. The molecule has 98 valence electrons. The first kappa shape index (κ1) is 12.8. The highest BCUT2D eigenvalue weighted by molar-refractivity contribution is 5.88. The average molecular weight is 251 g/mol. The second kappa shape index (κ2) is 4.89. The molecule has 18 heavy (non-hydrogen) atoms. The van der Waals surface area contributed by atoms with Crippen LogP contribution in [-0.2, 0) is 4.74 Å². The number of anilines is 1. The fourth-order valence-corrected chi connectivity index (χ4v) is 2.04. The summed E-state index contributed by atoms with van der Waals surface area (Å²) in [6, 6.07) is 0. The molecule has 1 fully saturated rings. The fourth-order valence-electron chi connectivity index (χ4n) is 2.04. The summed E-state index contributed by atoms with van der Waals surface area (Å²) in [5, 5.41) is 12.1. The Bertz CT molecular complexity index is 456. The Kier molecular flexibility index (Phi) is 3.47. The molecule has 2 heterocycles. The number of rotatable bonds is 3. The third kappa shape index (κ3) is 2.76. The molecule has 0 amide bonds. The van der Waals surface area contributed by atoms with Crippen LogP contribution >= 0.6 is 0 Å². The quantitative estimate of drug-likeness (QED) is 0.846. The van der Waals surface area contributed by atoms with Crippen molar-refractivity contribution in [3.05, 3.63) is 17.5 Å². The Labute approximate surface area is 105 Å². The van der Waals surface area contributed by atoms with E-state index in [1.807, 2.05) is 0 Å². The molecular weight excluding hydrogens is 234 g/mol. The number of aryl methyl sites for hydroxylation is 1. The highest BCUT2D eigenvalue weighted by Gasteiger charge is 2.28. The second-order valence-electron chi connectivity index (χ2n) is 4.84. The van der Waals surface area contributed by atoms with Crippen molar-refractivity contribution in [2.24, 2.45) is 0 Å². The average Bonchev–Trinajstić information content (AvgIpc) is 2.28. The van der Waals surface area contributed by atoms with E-state index in [4.69, 9.17) is 9.84 Å². The zero-order chi connectivity index (χ0) is 13.2. The summed E-state index contributed by atoms with van der Waals surface area (Å²) < 4.78 is 5.44. The first-order chi connectivity index (χ1) is 8.50. The van der Waals surface area contributed by atoms with E-state index in [0.29, 0.717) is 18.2 Å². The van der Waals surface area contributed by atoms with Crippen molar-refractivity contribution in [1.29, 1.82) is 0 Å². The summed E-state index contributed by atoms with van der Waals surface area (Å²) in [6.45, 7) is 5.11. The van der Waals surface area contributed by atoms with Crippen LogP contribution in [0.25, 0.3) is 0 Å². The number of hydrogen-bond donors (Lipinski definition) is 2. The molecule has 0 radical (unpaired) electrons. The van der Waals surface area contributed by atoms with Gasteiger partial charge in [-0.3, -0.25) is 0 Å². The van der Waals surface area contributed by atoms with Gasteiger partial charge in [-0.1, -0.05) is 0 Å². The lowest BCUT2D eigenvalue weighted by Gasteiger charge is -2.34. The minimum absolute atomic E-state index is 0.130. The maximum Gasteiger partial charge on any atom is 0.339 e. The van der Waals surface area contributed by atoms with E-state index < -0.39 is 5.97 Å². The topological polar surface area (TPSA) is 84.3 Å². The van der Waals surface area contributed by atoms with Crippen molar-refractivity contribution in [1.82, 2.24) is 9.97 Å². The number of nitrogens with one attached hydrogen (secondary N) is 1. The normalized spacial score (nSPS) is 23.7. The van der Waals surface area contributed by atoms with Gasteiger partial charge in [0.2, 0.25) is 5.95 Å².